The fraction of sp³-hybridized carbons (Fsp3) is 0.111. The molecule has 0 saturated heterocycles. The Hall–Kier alpha value is -3.06. The van der Waals surface area contributed by atoms with Gasteiger partial charge in [-0.3, -0.25) is 20.2 Å². The van der Waals surface area contributed by atoms with E-state index in [-0.39, 0.29) is 10.0 Å². The number of thiophene rings is 1. The van der Waals surface area contributed by atoms with Gasteiger partial charge in [-0.1, -0.05) is 59.7 Å². The van der Waals surface area contributed by atoms with E-state index in [0.717, 1.165) is 11.1 Å². The zero-order valence-corrected chi connectivity index (χ0v) is 14.4. The second-order valence-electron chi connectivity index (χ2n) is 5.72. The highest BCUT2D eigenvalue weighted by molar-refractivity contribution is 7.19. The number of benzene rings is 2. The van der Waals surface area contributed by atoms with E-state index in [4.69, 9.17) is 0 Å². The van der Waals surface area contributed by atoms with Gasteiger partial charge in [0.05, 0.1) is 21.0 Å². The van der Waals surface area contributed by atoms with Crippen molar-refractivity contribution in [3.63, 3.8) is 0 Å². The number of hydrogen-bond donors (Lipinski definition) is 0. The maximum Gasteiger partial charge on any atom is 0.338 e. The molecule has 3 aromatic rings. The summed E-state index contributed by atoms with van der Waals surface area (Å²) in [6.07, 6.45) is 0. The van der Waals surface area contributed by atoms with Crippen molar-refractivity contribution >= 4 is 21.3 Å². The topological polar surface area (TPSA) is 86.3 Å². The summed E-state index contributed by atoms with van der Waals surface area (Å²) < 4.78 is 0. The molecule has 0 atom stereocenters. The highest BCUT2D eigenvalue weighted by Crippen LogP contribution is 2.51. The van der Waals surface area contributed by atoms with Crippen LogP contribution in [0.1, 0.15) is 11.1 Å². The number of nitro groups is 2. The summed E-state index contributed by atoms with van der Waals surface area (Å²) >= 11 is 0.606. The first kappa shape index (κ1) is 16.8. The van der Waals surface area contributed by atoms with Crippen LogP contribution >= 0.6 is 11.3 Å². The molecule has 1 heterocycles. The Morgan fingerprint density at radius 3 is 1.48 bits per heavy atom. The number of nitrogens with zero attached hydrogens (tertiary/aromatic N) is 2. The van der Waals surface area contributed by atoms with Crippen LogP contribution in [0.2, 0.25) is 0 Å². The monoisotopic (exact) mass is 354 g/mol. The molecule has 3 rings (SSSR count). The second-order valence-corrected chi connectivity index (χ2v) is 6.69. The molecule has 0 bridgehead atoms. The van der Waals surface area contributed by atoms with Crippen LogP contribution in [-0.4, -0.2) is 9.85 Å². The molecule has 0 aliphatic rings. The molecular weight excluding hydrogens is 340 g/mol. The zero-order valence-electron chi connectivity index (χ0n) is 13.6. The maximum absolute atomic E-state index is 11.6. The second kappa shape index (κ2) is 6.45. The van der Waals surface area contributed by atoms with Crippen LogP contribution < -0.4 is 0 Å². The fourth-order valence-corrected chi connectivity index (χ4v) is 3.78. The van der Waals surface area contributed by atoms with Crippen LogP contribution in [0.15, 0.2) is 48.5 Å². The molecule has 0 spiro atoms. The first-order valence-corrected chi connectivity index (χ1v) is 8.29. The third-order valence-electron chi connectivity index (χ3n) is 3.82. The van der Waals surface area contributed by atoms with Crippen LogP contribution in [0.4, 0.5) is 10.0 Å². The minimum atomic E-state index is -0.547. The lowest BCUT2D eigenvalue weighted by Gasteiger charge is -2.06. The Kier molecular flexibility index (Phi) is 4.33. The molecule has 0 amide bonds. The zero-order chi connectivity index (χ0) is 18.1. The van der Waals surface area contributed by atoms with E-state index >= 15 is 0 Å². The molecule has 2 aromatic carbocycles. The predicted octanol–water partition coefficient (Wildman–Crippen LogP) is 5.52. The highest BCUT2D eigenvalue weighted by Gasteiger charge is 2.34. The molecule has 25 heavy (non-hydrogen) atoms. The summed E-state index contributed by atoms with van der Waals surface area (Å²) in [5.41, 5.74) is 3.67. The Morgan fingerprint density at radius 1 is 0.760 bits per heavy atom. The van der Waals surface area contributed by atoms with Crippen molar-refractivity contribution in [2.45, 2.75) is 13.8 Å². The Bertz CT molecular complexity index is 916. The molecule has 7 heteroatoms. The third-order valence-corrected chi connectivity index (χ3v) is 4.91. The molecule has 0 radical (unpaired) electrons. The van der Waals surface area contributed by atoms with Crippen LogP contribution in [-0.2, 0) is 0 Å². The summed E-state index contributed by atoms with van der Waals surface area (Å²) in [5.74, 6) is 0. The van der Waals surface area contributed by atoms with Gasteiger partial charge in [-0.2, -0.15) is 0 Å². The lowest BCUT2D eigenvalue weighted by Crippen LogP contribution is -1.91. The average Bonchev–Trinajstić information content (AvgIpc) is 2.96. The van der Waals surface area contributed by atoms with Crippen molar-refractivity contribution in [1.29, 1.82) is 0 Å². The number of aryl methyl sites for hydroxylation is 2. The van der Waals surface area contributed by atoms with E-state index in [1.165, 1.54) is 0 Å². The molecule has 6 nitrogen and oxygen atoms in total. The van der Waals surface area contributed by atoms with Gasteiger partial charge in [0.15, 0.2) is 0 Å². The normalized spacial score (nSPS) is 10.6. The van der Waals surface area contributed by atoms with E-state index in [1.54, 1.807) is 36.4 Å². The van der Waals surface area contributed by atoms with Crippen LogP contribution in [0.5, 0.6) is 0 Å². The lowest BCUT2D eigenvalue weighted by molar-refractivity contribution is -0.382. The molecule has 0 aliphatic heterocycles. The summed E-state index contributed by atoms with van der Waals surface area (Å²) in [7, 11) is 0. The van der Waals surface area contributed by atoms with Gasteiger partial charge in [0.25, 0.3) is 0 Å². The number of rotatable bonds is 4. The standard InChI is InChI=1S/C18H14N2O4S/c1-11-5-3-7-13(9-11)15-16(14-8-4-6-12(2)10-14)18(20(23)24)25-17(15)19(21)22/h3-10H,1-2H3. The molecule has 0 saturated carbocycles. The van der Waals surface area contributed by atoms with E-state index in [9.17, 15) is 20.2 Å². The van der Waals surface area contributed by atoms with E-state index in [1.807, 2.05) is 26.0 Å². The first-order chi connectivity index (χ1) is 11.9. The predicted molar refractivity (Wildman–Crippen MR) is 98.0 cm³/mol. The van der Waals surface area contributed by atoms with Gasteiger partial charge < -0.3 is 0 Å². The van der Waals surface area contributed by atoms with Gasteiger partial charge in [0, 0.05) is 11.3 Å². The van der Waals surface area contributed by atoms with E-state index < -0.39 is 9.85 Å². The SMILES string of the molecule is Cc1cccc(-c2c([N+](=O)[O-])sc([N+](=O)[O-])c2-c2cccc(C)c2)c1. The van der Waals surface area contributed by atoms with Crippen LogP contribution in [0, 0.1) is 34.1 Å². The number of hydrogen-bond acceptors (Lipinski definition) is 5. The van der Waals surface area contributed by atoms with Crippen molar-refractivity contribution in [3.05, 3.63) is 79.9 Å². The van der Waals surface area contributed by atoms with Gasteiger partial charge in [-0.05, 0) is 25.0 Å². The minimum Gasteiger partial charge on any atom is -0.258 e. The van der Waals surface area contributed by atoms with Crippen molar-refractivity contribution < 1.29 is 9.85 Å². The summed E-state index contributed by atoms with van der Waals surface area (Å²) in [6, 6.07) is 14.4. The highest BCUT2D eigenvalue weighted by atomic mass is 32.1. The van der Waals surface area contributed by atoms with Crippen molar-refractivity contribution in [2.75, 3.05) is 0 Å². The third kappa shape index (κ3) is 3.14. The summed E-state index contributed by atoms with van der Waals surface area (Å²) in [5, 5.41) is 22.7. The van der Waals surface area contributed by atoms with Gasteiger partial charge in [-0.15, -0.1) is 0 Å². The van der Waals surface area contributed by atoms with Gasteiger partial charge in [0.2, 0.25) is 0 Å². The van der Waals surface area contributed by atoms with Gasteiger partial charge in [-0.25, -0.2) is 0 Å². The average molecular weight is 354 g/mol. The smallest absolute Gasteiger partial charge is 0.258 e. The van der Waals surface area contributed by atoms with E-state index in [2.05, 4.69) is 0 Å². The molecular formula is C18H14N2O4S. The molecule has 0 fully saturated rings. The van der Waals surface area contributed by atoms with Crippen molar-refractivity contribution in [1.82, 2.24) is 0 Å². The maximum atomic E-state index is 11.6. The van der Waals surface area contributed by atoms with Crippen molar-refractivity contribution in [2.24, 2.45) is 0 Å². The van der Waals surface area contributed by atoms with Crippen LogP contribution in [0.25, 0.3) is 22.3 Å². The molecule has 126 valence electrons. The lowest BCUT2D eigenvalue weighted by atomic mass is 9.95. The summed E-state index contributed by atoms with van der Waals surface area (Å²) in [4.78, 5) is 22.0. The Morgan fingerprint density at radius 2 is 1.16 bits per heavy atom. The Balaban J connectivity index is 2.42. The van der Waals surface area contributed by atoms with Crippen LogP contribution in [0.3, 0.4) is 0 Å². The fourth-order valence-electron chi connectivity index (χ4n) is 2.80. The molecule has 0 unspecified atom stereocenters. The Labute approximate surface area is 147 Å². The van der Waals surface area contributed by atoms with Crippen molar-refractivity contribution in [3.8, 4) is 22.3 Å². The minimum absolute atomic E-state index is 0.214. The van der Waals surface area contributed by atoms with Gasteiger partial charge in [0.1, 0.15) is 0 Å². The first-order valence-electron chi connectivity index (χ1n) is 7.48. The largest absolute Gasteiger partial charge is 0.338 e. The van der Waals surface area contributed by atoms with E-state index in [0.29, 0.717) is 33.6 Å². The van der Waals surface area contributed by atoms with Gasteiger partial charge >= 0.3 is 10.0 Å². The molecule has 0 aliphatic carbocycles. The molecule has 0 N–H and O–H groups in total. The molecule has 1 aromatic heterocycles. The quantitative estimate of drug-likeness (QED) is 0.456. The summed E-state index contributed by atoms with van der Waals surface area (Å²) in [6.45, 7) is 3.75.